The average molecular weight is 1270 g/mol. The molecule has 2 saturated heterocycles. The molecule has 3 fully saturated rings. The van der Waals surface area contributed by atoms with E-state index in [1.807, 2.05) is 75.3 Å². The van der Waals surface area contributed by atoms with E-state index >= 15 is 0 Å². The predicted molar refractivity (Wildman–Crippen MR) is 316 cm³/mol. The van der Waals surface area contributed by atoms with Crippen molar-refractivity contribution in [1.29, 1.82) is 0 Å². The molecular weight excluding hydrogens is 1190 g/mol. The van der Waals surface area contributed by atoms with Gasteiger partial charge in [0.15, 0.2) is 10.1 Å². The number of alkyl halides is 4. The van der Waals surface area contributed by atoms with Crippen molar-refractivity contribution in [3.8, 4) is 0 Å². The second-order valence-electron chi connectivity index (χ2n) is 21.1. The van der Waals surface area contributed by atoms with Gasteiger partial charge in [0.05, 0.1) is 48.9 Å². The number of esters is 4. The van der Waals surface area contributed by atoms with Crippen LogP contribution in [0.15, 0.2) is 133 Å². The maximum atomic E-state index is 13.0. The number of rotatable bonds is 17. The number of anilines is 1. The summed E-state index contributed by atoms with van der Waals surface area (Å²) in [5.74, 6) is -1.79. The Morgan fingerprint density at radius 1 is 0.756 bits per heavy atom. The van der Waals surface area contributed by atoms with E-state index in [1.165, 1.54) is 17.2 Å². The monoisotopic (exact) mass is 1260 g/mol. The molecular formula is C61H79Br2Cl3N2O10. The molecule has 0 bridgehead atoms. The van der Waals surface area contributed by atoms with Crippen LogP contribution in [0.2, 0.25) is 0 Å². The SMILES string of the molecule is C=CCBr.C=CC[N+](C)(C)c1ccc(C(=O)O[C@@H]2C=CC(=O)C3(CC(=O)O[C@@H]3/C=C(\C)CCC=C(C)C)C2)cc1.CC(C)=CCC/C(C)=C/[C@H]1OC(=O)CC12C[C@H](OC(=O)c1ccc(N(C)C)cc1)CCC2=O.ClC(Cl)Cl.[Br-]. The fourth-order valence-corrected chi connectivity index (χ4v) is 9.40. The zero-order valence-corrected chi connectivity index (χ0v) is 52.3. The number of cyclic esters (lactones) is 2. The van der Waals surface area contributed by atoms with Crippen molar-refractivity contribution in [3.63, 3.8) is 0 Å². The van der Waals surface area contributed by atoms with E-state index in [0.29, 0.717) is 28.5 Å². The van der Waals surface area contributed by atoms with E-state index in [2.05, 4.69) is 83.0 Å². The number of likely N-dealkylation sites (N-methyl/N-ethyl adjacent to an activating group) is 1. The summed E-state index contributed by atoms with van der Waals surface area (Å²) in [6.45, 7) is 20.2. The maximum absolute atomic E-state index is 13.0. The molecule has 12 nitrogen and oxygen atoms in total. The number of halogens is 5. The Morgan fingerprint density at radius 3 is 1.68 bits per heavy atom. The molecule has 2 aromatic carbocycles. The third kappa shape index (κ3) is 21.5. The Kier molecular flexibility index (Phi) is 29.6. The highest BCUT2D eigenvalue weighted by Gasteiger charge is 2.57. The lowest BCUT2D eigenvalue weighted by Crippen LogP contribution is -3.00. The first-order chi connectivity index (χ1) is 36.2. The minimum atomic E-state index is -1.05. The van der Waals surface area contributed by atoms with Gasteiger partial charge in [-0.1, -0.05) is 97.8 Å². The van der Waals surface area contributed by atoms with E-state index in [9.17, 15) is 28.8 Å². The lowest BCUT2D eigenvalue weighted by atomic mass is 9.67. The molecule has 2 heterocycles. The summed E-state index contributed by atoms with van der Waals surface area (Å²) in [4.78, 5) is 78.3. The first-order valence-electron chi connectivity index (χ1n) is 25.8. The molecule has 0 aromatic heterocycles. The maximum Gasteiger partial charge on any atom is 0.338 e. The Balaban J connectivity index is 0.000000464. The third-order valence-corrected chi connectivity index (χ3v) is 14.0. The second kappa shape index (κ2) is 33.2. The molecule has 2 unspecified atom stereocenters. The molecule has 2 aliphatic carbocycles. The molecule has 17 heteroatoms. The molecule has 4 aliphatic rings. The standard InChI is InChI=1S/C30H38NO5.C27H35NO5.C3H5Br.CHCl3.BrH/c1-7-17-31(5,6)24-13-11-23(12-14-24)29(34)35-25-15-16-26(32)30(19-25)20-28(33)36-27(30)18-22(4)10-8-9-21(2)3;1-18(2)7-6-8-19(3)15-24-27(17-25(30)33-24)16-22(13-14-23(27)29)32-26(31)20-9-11-21(12-10-20)28(4)5;1-2-3-4;2-1(3)4;/h7,9,11-16,18,25,27H,1,8,10,17,19-20H2,2-6H3;7,9-12,15,22,24H,6,8,13-14,16-17H2,1-5H3;2H,1,3H2;1H;1H/q+1;;;;/p-1/b22-18+;19-15+;;;/t25-,27-,30?;22-,24-,27?;;;/m11.../s1. The smallest absolute Gasteiger partial charge is 0.338 e. The molecule has 2 spiro atoms. The number of carbonyl (C=O) groups is 6. The van der Waals surface area contributed by atoms with Crippen molar-refractivity contribution in [3.05, 3.63) is 144 Å². The normalized spacial score (nSPS) is 22.4. The summed E-state index contributed by atoms with van der Waals surface area (Å²) < 4.78 is 22.6. The summed E-state index contributed by atoms with van der Waals surface area (Å²) in [6.07, 6.45) is 17.2. The lowest BCUT2D eigenvalue weighted by Gasteiger charge is -2.37. The van der Waals surface area contributed by atoms with E-state index < -0.39 is 57.4 Å². The number of hydrogen-bond donors (Lipinski definition) is 0. The fourth-order valence-electron chi connectivity index (χ4n) is 9.40. The highest BCUT2D eigenvalue weighted by Crippen LogP contribution is 2.48. The molecule has 428 valence electrons. The van der Waals surface area contributed by atoms with E-state index in [1.54, 1.807) is 36.4 Å². The fraction of sp³-hybridized carbons (Fsp3) is 0.475. The second-order valence-corrected chi connectivity index (χ2v) is 23.7. The van der Waals surface area contributed by atoms with Gasteiger partial charge in [-0.25, -0.2) is 9.59 Å². The van der Waals surface area contributed by atoms with Gasteiger partial charge in [-0.2, -0.15) is 0 Å². The number of quaternary nitrogens is 1. The molecule has 6 atom stereocenters. The minimum absolute atomic E-state index is 0. The Hall–Kier alpha value is -4.57. The van der Waals surface area contributed by atoms with Crippen LogP contribution in [0.3, 0.4) is 0 Å². The molecule has 0 N–H and O–H groups in total. The van der Waals surface area contributed by atoms with Crippen LogP contribution in [0.4, 0.5) is 11.4 Å². The zero-order valence-electron chi connectivity index (χ0n) is 46.9. The van der Waals surface area contributed by atoms with Crippen molar-refractivity contribution >= 4 is 97.6 Å². The number of ketones is 2. The highest BCUT2D eigenvalue weighted by atomic mass is 79.9. The van der Waals surface area contributed by atoms with Crippen molar-refractivity contribution < 1.29 is 64.7 Å². The van der Waals surface area contributed by atoms with Crippen LogP contribution >= 0.6 is 50.7 Å². The summed E-state index contributed by atoms with van der Waals surface area (Å²) >= 11 is 17.5. The number of benzene rings is 2. The van der Waals surface area contributed by atoms with Crippen LogP contribution < -0.4 is 26.4 Å². The summed E-state index contributed by atoms with van der Waals surface area (Å²) in [6, 6.07) is 14.5. The van der Waals surface area contributed by atoms with Gasteiger partial charge in [-0.15, -0.1) is 6.58 Å². The van der Waals surface area contributed by atoms with Gasteiger partial charge < -0.3 is 40.8 Å². The molecule has 6 rings (SSSR count). The van der Waals surface area contributed by atoms with Gasteiger partial charge in [0.25, 0.3) is 0 Å². The van der Waals surface area contributed by atoms with Gasteiger partial charge in [0, 0.05) is 44.4 Å². The Bertz CT molecular complexity index is 2540. The summed E-state index contributed by atoms with van der Waals surface area (Å²) in [7, 11) is 8.00. The van der Waals surface area contributed by atoms with Crippen LogP contribution in [0, 0.1) is 10.8 Å². The highest BCUT2D eigenvalue weighted by molar-refractivity contribution is 9.09. The Labute approximate surface area is 497 Å². The van der Waals surface area contributed by atoms with Crippen LogP contribution in [0.1, 0.15) is 126 Å². The van der Waals surface area contributed by atoms with E-state index in [-0.39, 0.29) is 60.2 Å². The molecule has 1 saturated carbocycles. The predicted octanol–water partition coefficient (Wildman–Crippen LogP) is 11.1. The quantitative estimate of drug-likeness (QED) is 0.0491. The molecule has 78 heavy (non-hydrogen) atoms. The van der Waals surface area contributed by atoms with Crippen molar-refractivity contribution in [1.82, 2.24) is 4.48 Å². The third-order valence-electron chi connectivity index (χ3n) is 13.6. The largest absolute Gasteiger partial charge is 1.00 e. The van der Waals surface area contributed by atoms with Gasteiger partial charge >= 0.3 is 23.9 Å². The van der Waals surface area contributed by atoms with Crippen LogP contribution in [0.25, 0.3) is 0 Å². The van der Waals surface area contributed by atoms with Crippen LogP contribution in [-0.4, -0.2) is 104 Å². The van der Waals surface area contributed by atoms with Gasteiger partial charge in [0.2, 0.25) is 0 Å². The molecule has 0 amide bonds. The van der Waals surface area contributed by atoms with E-state index in [4.69, 9.17) is 53.8 Å². The zero-order chi connectivity index (χ0) is 57.7. The lowest BCUT2D eigenvalue weighted by molar-refractivity contribution is -0.142. The Morgan fingerprint density at radius 2 is 1.22 bits per heavy atom. The molecule has 2 aromatic rings. The van der Waals surface area contributed by atoms with Crippen molar-refractivity contribution in [2.24, 2.45) is 10.8 Å². The van der Waals surface area contributed by atoms with Crippen LogP contribution in [-0.2, 0) is 38.1 Å². The van der Waals surface area contributed by atoms with Gasteiger partial charge in [0.1, 0.15) is 42.4 Å². The number of nitrogens with zero attached hydrogens (tertiary/aromatic N) is 2. The van der Waals surface area contributed by atoms with Crippen molar-refractivity contribution in [2.45, 2.75) is 134 Å². The average Bonchev–Trinajstić information content (AvgIpc) is 3.84. The van der Waals surface area contributed by atoms with Gasteiger partial charge in [-0.05, 0) is 153 Å². The number of allylic oxidation sites excluding steroid dienone is 8. The molecule has 2 aliphatic heterocycles. The van der Waals surface area contributed by atoms with Crippen LogP contribution in [0.5, 0.6) is 0 Å². The molecule has 0 radical (unpaired) electrons. The number of carbonyl (C=O) groups excluding carboxylic acids is 6. The van der Waals surface area contributed by atoms with Crippen molar-refractivity contribution in [2.75, 3.05) is 45.0 Å². The topological polar surface area (TPSA) is 143 Å². The minimum Gasteiger partial charge on any atom is -1.00 e. The number of ether oxygens (including phenoxy) is 4. The number of Topliss-reactive ketones (excluding diaryl/α,β-unsaturated/α-hetero) is 1. The first-order valence-corrected chi connectivity index (χ1v) is 28.2. The first kappa shape index (κ1) is 69.5. The van der Waals surface area contributed by atoms with E-state index in [0.717, 1.165) is 60.1 Å². The van der Waals surface area contributed by atoms with Gasteiger partial charge in [-0.3, -0.25) is 23.7 Å². The summed E-state index contributed by atoms with van der Waals surface area (Å²) in [5, 5.41) is 0.896. The summed E-state index contributed by atoms with van der Waals surface area (Å²) in [5.41, 5.74) is 5.58. The number of hydrogen-bond acceptors (Lipinski definition) is 11.